The second-order valence-corrected chi connectivity index (χ2v) is 55.9. The second kappa shape index (κ2) is 11.5. The van der Waals surface area contributed by atoms with E-state index in [1.165, 1.54) is 72.3 Å². The zero-order valence-corrected chi connectivity index (χ0v) is 31.7. The molecule has 0 aromatic heterocycles. The molecule has 0 amide bonds. The molecule has 0 aliphatic heterocycles. The molecular weight excluding hydrogens is 683 g/mol. The zero-order chi connectivity index (χ0) is 31.5. The maximum absolute atomic E-state index is 8.71. The van der Waals surface area contributed by atoms with Crippen LogP contribution in [-0.4, -0.2) is 5.92 Å². The van der Waals surface area contributed by atoms with E-state index in [-0.39, 0.29) is 7.25 Å². The van der Waals surface area contributed by atoms with Crippen molar-refractivity contribution in [3.63, 3.8) is 0 Å². The van der Waals surface area contributed by atoms with Gasteiger partial charge in [-0.2, -0.15) is 0 Å². The Labute approximate surface area is 277 Å². The summed E-state index contributed by atoms with van der Waals surface area (Å²) < 4.78 is 0.0316. The minimum atomic E-state index is -4.95. The maximum atomic E-state index is 8.71. The number of fused-ring (bicyclic) bond motifs is 2. The minimum absolute atomic E-state index is 0.0136. The summed E-state index contributed by atoms with van der Waals surface area (Å²) in [6.45, 7) is 11.6. The molecule has 0 radical (unpaired) electrons. The number of benzene rings is 5. The fraction of sp³-hybridized carbons (Fsp3) is 0.171. The van der Waals surface area contributed by atoms with Crippen LogP contribution in [-0.2, 0) is 15.6 Å². The quantitative estimate of drug-likeness (QED) is 0.153. The molecule has 0 saturated carbocycles. The van der Waals surface area contributed by atoms with Crippen LogP contribution in [0, 0.1) is 13.8 Å². The Morgan fingerprint density at radius 1 is 0.533 bits per heavy atom. The van der Waals surface area contributed by atoms with Gasteiger partial charge in [0.25, 0.3) is 0 Å². The monoisotopic (exact) mass is 719 g/mol. The standard InChI is InChI=1S/C22H17.C17H15.C2H7Si.2ClH.Zr/c1-16-8-5-6-12-20(16)19-14-18-11-7-13-21(22(18)15-19)17-9-3-2-4-10-17;1-12-10-16-13(2)8-9-15(17(16)11-12)14-6-4-3-5-7-14;1-3-2;;;/h2-15H,1H3;3-11H,1-2H3;3H,1-2H3;2*1H;/q;;;;;+2/p-2. The van der Waals surface area contributed by atoms with Crippen LogP contribution >= 0.6 is 17.0 Å². The summed E-state index contributed by atoms with van der Waals surface area (Å²) >= 11 is -4.95. The number of rotatable bonds is 6. The summed E-state index contributed by atoms with van der Waals surface area (Å²) in [6.07, 6.45) is 4.86. The van der Waals surface area contributed by atoms with Crippen molar-refractivity contribution in [2.24, 2.45) is 0 Å². The predicted molar refractivity (Wildman–Crippen MR) is 197 cm³/mol. The molecule has 0 spiro atoms. The van der Waals surface area contributed by atoms with Gasteiger partial charge in [-0.1, -0.05) is 0 Å². The Kier molecular flexibility index (Phi) is 7.89. The molecule has 0 heterocycles. The van der Waals surface area contributed by atoms with Crippen molar-refractivity contribution in [2.45, 2.75) is 41.1 Å². The number of aryl methyl sites for hydroxylation is 2. The van der Waals surface area contributed by atoms with Gasteiger partial charge in [0.1, 0.15) is 0 Å². The molecule has 0 bridgehead atoms. The molecule has 2 unspecified atom stereocenters. The molecule has 225 valence electrons. The van der Waals surface area contributed by atoms with Gasteiger partial charge >= 0.3 is 279 Å². The fourth-order valence-electron chi connectivity index (χ4n) is 8.23. The Morgan fingerprint density at radius 3 is 1.73 bits per heavy atom. The third kappa shape index (κ3) is 4.79. The molecule has 0 fully saturated rings. The summed E-state index contributed by atoms with van der Waals surface area (Å²) in [7, 11) is 17.4. The first-order chi connectivity index (χ1) is 21.6. The third-order valence-electron chi connectivity index (χ3n) is 10.5. The van der Waals surface area contributed by atoms with Gasteiger partial charge in [0.2, 0.25) is 0 Å². The number of hydrogen-bond donors (Lipinski definition) is 0. The molecule has 4 heteroatoms. The van der Waals surface area contributed by atoms with E-state index in [0.29, 0.717) is 0 Å². The molecule has 0 saturated heterocycles. The zero-order valence-electron chi connectivity index (χ0n) is 26.6. The van der Waals surface area contributed by atoms with Crippen molar-refractivity contribution in [1.82, 2.24) is 0 Å². The van der Waals surface area contributed by atoms with Gasteiger partial charge in [-0.15, -0.1) is 0 Å². The molecule has 7 rings (SSSR count). The molecule has 2 atom stereocenters. The van der Waals surface area contributed by atoms with Crippen LogP contribution in [0.15, 0.2) is 121 Å². The van der Waals surface area contributed by atoms with Crippen molar-refractivity contribution in [3.8, 4) is 22.3 Å². The van der Waals surface area contributed by atoms with Gasteiger partial charge in [0.15, 0.2) is 0 Å². The van der Waals surface area contributed by atoms with Crippen LogP contribution < -0.4 is 0 Å². The van der Waals surface area contributed by atoms with Gasteiger partial charge in [0.05, 0.1) is 0 Å². The van der Waals surface area contributed by atoms with E-state index < -0.39 is 21.5 Å². The predicted octanol–water partition coefficient (Wildman–Crippen LogP) is 12.4. The van der Waals surface area contributed by atoms with Crippen LogP contribution in [0.5, 0.6) is 0 Å². The van der Waals surface area contributed by atoms with Crippen molar-refractivity contribution in [2.75, 3.05) is 0 Å². The molecule has 45 heavy (non-hydrogen) atoms. The van der Waals surface area contributed by atoms with E-state index >= 15 is 0 Å². The van der Waals surface area contributed by atoms with Crippen molar-refractivity contribution >= 4 is 40.7 Å². The van der Waals surface area contributed by atoms with Crippen LogP contribution in [0.3, 0.4) is 0 Å². The number of halogens is 2. The topological polar surface area (TPSA) is 0 Å². The first-order valence-electron chi connectivity index (χ1n) is 16.0. The van der Waals surface area contributed by atoms with E-state index in [2.05, 4.69) is 161 Å². The summed E-state index contributed by atoms with van der Waals surface area (Å²) in [5, 5.41) is 0. The van der Waals surface area contributed by atoms with Gasteiger partial charge in [-0.25, -0.2) is 0 Å². The average molecular weight is 722 g/mol. The summed E-state index contributed by atoms with van der Waals surface area (Å²) in [6, 6.07) is 41.7. The van der Waals surface area contributed by atoms with Gasteiger partial charge in [0, 0.05) is 0 Å². The van der Waals surface area contributed by atoms with Crippen molar-refractivity contribution in [1.29, 1.82) is 0 Å². The van der Waals surface area contributed by atoms with E-state index in [9.17, 15) is 0 Å². The van der Waals surface area contributed by atoms with E-state index in [1.54, 1.807) is 0 Å². The molecule has 0 nitrogen and oxygen atoms in total. The van der Waals surface area contributed by atoms with E-state index in [4.69, 9.17) is 17.0 Å². The Bertz CT molecular complexity index is 2010. The molecule has 5 aromatic carbocycles. The summed E-state index contributed by atoms with van der Waals surface area (Å²) in [4.78, 5) is 0. The SMILES string of the molecule is CC1=Cc2c(-c3ccccc3)ccc(C)c2[CH]1[Zr]([Cl])([Cl])([CH]1C(c2ccccc2C)=Cc2c(-c3ccccc3)cccc21)[SiH](C)C. The number of allylic oxidation sites excluding steroid dienone is 2. The molecule has 5 aromatic rings. The fourth-order valence-corrected chi connectivity index (χ4v) is 39.8. The van der Waals surface area contributed by atoms with E-state index in [1.807, 2.05) is 0 Å². The molecular formula is C41H39Cl2SiZr. The van der Waals surface area contributed by atoms with Gasteiger partial charge in [-0.05, 0) is 0 Å². The van der Waals surface area contributed by atoms with Crippen LogP contribution in [0.1, 0.15) is 53.1 Å². The van der Waals surface area contributed by atoms with Crippen LogP contribution in [0.2, 0.25) is 13.1 Å². The Hall–Kier alpha value is -2.74. The van der Waals surface area contributed by atoms with Crippen molar-refractivity contribution < 1.29 is 15.6 Å². The van der Waals surface area contributed by atoms with Crippen LogP contribution in [0.25, 0.3) is 40.0 Å². The molecule has 2 aliphatic carbocycles. The van der Waals surface area contributed by atoms with Gasteiger partial charge in [-0.3, -0.25) is 0 Å². The van der Waals surface area contributed by atoms with Crippen LogP contribution in [0.4, 0.5) is 0 Å². The van der Waals surface area contributed by atoms with Gasteiger partial charge < -0.3 is 0 Å². The first kappa shape index (κ1) is 30.9. The first-order valence-corrected chi connectivity index (χ1v) is 32.3. The molecule has 0 N–H and O–H groups in total. The Morgan fingerprint density at radius 2 is 1.11 bits per heavy atom. The van der Waals surface area contributed by atoms with E-state index in [0.717, 1.165) is 0 Å². The molecule has 2 aliphatic rings. The normalized spacial score (nSPS) is 18.2. The van der Waals surface area contributed by atoms with Crippen molar-refractivity contribution in [3.05, 3.63) is 160 Å². The summed E-state index contributed by atoms with van der Waals surface area (Å²) in [5.41, 5.74) is 16.7. The Balaban J connectivity index is 1.53. The number of hydrogen-bond acceptors (Lipinski definition) is 0. The average Bonchev–Trinajstić information content (AvgIpc) is 3.62. The summed E-state index contributed by atoms with van der Waals surface area (Å²) in [5.74, 6) is -1.70. The third-order valence-corrected chi connectivity index (χ3v) is 62.4. The second-order valence-electron chi connectivity index (χ2n) is 13.3.